The van der Waals surface area contributed by atoms with Crippen LogP contribution in [0.3, 0.4) is 0 Å². The number of hydrogen-bond acceptors (Lipinski definition) is 6. The van der Waals surface area contributed by atoms with Crippen molar-refractivity contribution in [3.63, 3.8) is 0 Å². The summed E-state index contributed by atoms with van der Waals surface area (Å²) < 4.78 is 43.9. The van der Waals surface area contributed by atoms with E-state index in [0.29, 0.717) is 24.5 Å². The molecule has 26 heavy (non-hydrogen) atoms. The van der Waals surface area contributed by atoms with Crippen LogP contribution in [0.4, 0.5) is 4.39 Å². The predicted molar refractivity (Wildman–Crippen MR) is 99.4 cm³/mol. The van der Waals surface area contributed by atoms with E-state index < -0.39 is 9.84 Å². The first kappa shape index (κ1) is 19.2. The number of unbranched alkanes of at least 4 members (excludes halogenated alkanes) is 1. The highest BCUT2D eigenvalue weighted by molar-refractivity contribution is 7.91. The normalized spacial score (nSPS) is 19.3. The maximum absolute atomic E-state index is 13.1. The molecular weight excluding hydrogens is 377 g/mol. The number of rotatable bonds is 7. The first-order valence-electron chi connectivity index (χ1n) is 8.66. The van der Waals surface area contributed by atoms with E-state index in [2.05, 4.69) is 16.9 Å². The molecule has 0 aliphatic carbocycles. The van der Waals surface area contributed by atoms with E-state index >= 15 is 0 Å². The van der Waals surface area contributed by atoms with Crippen molar-refractivity contribution in [1.29, 1.82) is 0 Å². The van der Waals surface area contributed by atoms with E-state index in [4.69, 9.17) is 16.6 Å². The summed E-state index contributed by atoms with van der Waals surface area (Å²) in [6.45, 7) is 3.25. The van der Waals surface area contributed by atoms with Gasteiger partial charge in [0.15, 0.2) is 9.84 Å². The summed E-state index contributed by atoms with van der Waals surface area (Å²) in [6.07, 6.45) is 2.61. The zero-order chi connectivity index (χ0) is 18.7. The molecule has 0 bridgehead atoms. The van der Waals surface area contributed by atoms with E-state index in [9.17, 15) is 12.8 Å². The molecule has 1 aliphatic rings. The Morgan fingerprint density at radius 1 is 1.38 bits per heavy atom. The zero-order valence-corrected chi connectivity index (χ0v) is 16.2. The first-order valence-corrected chi connectivity index (χ1v) is 10.9. The van der Waals surface area contributed by atoms with Crippen LogP contribution in [0, 0.1) is 10.7 Å². The quantitative estimate of drug-likeness (QED) is 0.666. The van der Waals surface area contributed by atoms with E-state index in [0.717, 1.165) is 19.4 Å². The van der Waals surface area contributed by atoms with Crippen LogP contribution in [0.15, 0.2) is 28.7 Å². The Labute approximate surface area is 157 Å². The van der Waals surface area contributed by atoms with Crippen LogP contribution in [0.1, 0.15) is 26.2 Å². The average Bonchev–Trinajstić information content (AvgIpc) is 3.14. The van der Waals surface area contributed by atoms with Crippen molar-refractivity contribution in [3.05, 3.63) is 34.9 Å². The maximum atomic E-state index is 13.1. The molecule has 0 radical (unpaired) electrons. The molecule has 2 aromatic rings. The van der Waals surface area contributed by atoms with Gasteiger partial charge in [0.1, 0.15) is 5.82 Å². The summed E-state index contributed by atoms with van der Waals surface area (Å²) in [6, 6.07) is 5.81. The monoisotopic (exact) mass is 399 g/mol. The van der Waals surface area contributed by atoms with Crippen molar-refractivity contribution >= 4 is 22.1 Å². The standard InChI is InChI=1S/C17H22FN3O3S2/c1-2-3-9-20(15-8-10-26(22,23)11-15)12-21-17(25)24-16(19-21)13-4-6-14(18)7-5-13/h4-7,15H,2-3,8-12H2,1H3/t15-/m1/s1. The maximum Gasteiger partial charge on any atom is 0.288 e. The molecule has 142 valence electrons. The minimum atomic E-state index is -2.97. The molecule has 9 heteroatoms. The highest BCUT2D eigenvalue weighted by Crippen LogP contribution is 2.21. The molecule has 1 aromatic heterocycles. The molecule has 1 aromatic carbocycles. The minimum absolute atomic E-state index is 0.0283. The van der Waals surface area contributed by atoms with Gasteiger partial charge < -0.3 is 4.42 Å². The second-order valence-corrected chi connectivity index (χ2v) is 9.12. The van der Waals surface area contributed by atoms with Gasteiger partial charge in [0.25, 0.3) is 4.84 Å². The van der Waals surface area contributed by atoms with Gasteiger partial charge in [-0.3, -0.25) is 4.90 Å². The van der Waals surface area contributed by atoms with E-state index in [1.54, 1.807) is 16.8 Å². The van der Waals surface area contributed by atoms with E-state index in [1.807, 2.05) is 0 Å². The number of sulfone groups is 1. The Morgan fingerprint density at radius 2 is 2.12 bits per heavy atom. The van der Waals surface area contributed by atoms with Crippen molar-refractivity contribution in [2.24, 2.45) is 0 Å². The Balaban J connectivity index is 1.80. The molecule has 2 heterocycles. The van der Waals surface area contributed by atoms with Gasteiger partial charge in [-0.25, -0.2) is 17.5 Å². The topological polar surface area (TPSA) is 68.3 Å². The smallest absolute Gasteiger partial charge is 0.288 e. The molecule has 1 saturated heterocycles. The average molecular weight is 400 g/mol. The van der Waals surface area contributed by atoms with Crippen LogP contribution >= 0.6 is 12.2 Å². The zero-order valence-electron chi connectivity index (χ0n) is 14.6. The summed E-state index contributed by atoms with van der Waals surface area (Å²) >= 11 is 5.26. The van der Waals surface area contributed by atoms with Gasteiger partial charge >= 0.3 is 0 Å². The number of hydrogen-bond donors (Lipinski definition) is 0. The third-order valence-corrected chi connectivity index (χ3v) is 6.58. The van der Waals surface area contributed by atoms with Gasteiger partial charge in [0, 0.05) is 18.2 Å². The summed E-state index contributed by atoms with van der Waals surface area (Å²) in [5.41, 5.74) is 0.639. The summed E-state index contributed by atoms with van der Waals surface area (Å²) in [4.78, 5) is 2.33. The van der Waals surface area contributed by atoms with Crippen LogP contribution in [-0.4, -0.2) is 47.2 Å². The number of benzene rings is 1. The van der Waals surface area contributed by atoms with Gasteiger partial charge in [0.2, 0.25) is 5.89 Å². The largest absolute Gasteiger partial charge is 0.409 e. The van der Waals surface area contributed by atoms with Crippen molar-refractivity contribution in [3.8, 4) is 11.5 Å². The lowest BCUT2D eigenvalue weighted by atomic mass is 10.2. The summed E-state index contributed by atoms with van der Waals surface area (Å²) in [7, 11) is -2.97. The fourth-order valence-corrected chi connectivity index (χ4v) is 5.01. The Morgan fingerprint density at radius 3 is 2.73 bits per heavy atom. The fourth-order valence-electron chi connectivity index (χ4n) is 3.07. The van der Waals surface area contributed by atoms with Gasteiger partial charge in [-0.05, 0) is 49.3 Å². The Bertz CT molecular complexity index is 906. The third-order valence-electron chi connectivity index (χ3n) is 4.54. The summed E-state index contributed by atoms with van der Waals surface area (Å²) in [5, 5.41) is 4.40. The lowest BCUT2D eigenvalue weighted by Crippen LogP contribution is -2.38. The fraction of sp³-hybridized carbons (Fsp3) is 0.529. The first-order chi connectivity index (χ1) is 12.4. The second-order valence-electron chi connectivity index (χ2n) is 6.54. The van der Waals surface area contributed by atoms with Crippen molar-refractivity contribution < 1.29 is 17.2 Å². The van der Waals surface area contributed by atoms with E-state index in [1.165, 1.54) is 12.1 Å². The van der Waals surface area contributed by atoms with E-state index in [-0.39, 0.29) is 28.2 Å². The third kappa shape index (κ3) is 4.57. The number of aromatic nitrogens is 2. The highest BCUT2D eigenvalue weighted by atomic mass is 32.2. The molecule has 1 atom stereocenters. The molecule has 3 rings (SSSR count). The molecular formula is C17H22FN3O3S2. The minimum Gasteiger partial charge on any atom is -0.409 e. The van der Waals surface area contributed by atoms with Crippen molar-refractivity contribution in [2.75, 3.05) is 18.1 Å². The van der Waals surface area contributed by atoms with Crippen LogP contribution in [0.5, 0.6) is 0 Å². The summed E-state index contributed by atoms with van der Waals surface area (Å²) in [5.74, 6) is 0.391. The van der Waals surface area contributed by atoms with Gasteiger partial charge in [0.05, 0.1) is 18.2 Å². The molecule has 1 fully saturated rings. The number of nitrogens with zero attached hydrogens (tertiary/aromatic N) is 3. The van der Waals surface area contributed by atoms with Gasteiger partial charge in [-0.15, -0.1) is 5.10 Å². The molecule has 0 amide bonds. The Kier molecular flexibility index (Phi) is 5.89. The second kappa shape index (κ2) is 7.98. The highest BCUT2D eigenvalue weighted by Gasteiger charge is 2.32. The lowest BCUT2D eigenvalue weighted by Gasteiger charge is -2.27. The lowest BCUT2D eigenvalue weighted by molar-refractivity contribution is 0.151. The van der Waals surface area contributed by atoms with Crippen LogP contribution in [0.25, 0.3) is 11.5 Å². The molecule has 0 spiro atoms. The predicted octanol–water partition coefficient (Wildman–Crippen LogP) is 3.26. The molecule has 0 unspecified atom stereocenters. The molecule has 1 aliphatic heterocycles. The molecule has 0 N–H and O–H groups in total. The molecule has 0 saturated carbocycles. The van der Waals surface area contributed by atoms with Crippen molar-refractivity contribution in [2.45, 2.75) is 38.9 Å². The van der Waals surface area contributed by atoms with Gasteiger partial charge in [-0.1, -0.05) is 13.3 Å². The Hall–Kier alpha value is -1.58. The molecule has 6 nitrogen and oxygen atoms in total. The van der Waals surface area contributed by atoms with Crippen LogP contribution in [0.2, 0.25) is 0 Å². The number of halogens is 1. The van der Waals surface area contributed by atoms with Crippen molar-refractivity contribution in [1.82, 2.24) is 14.7 Å². The van der Waals surface area contributed by atoms with Crippen LogP contribution < -0.4 is 0 Å². The SMILES string of the molecule is CCCCN(Cn1nc(-c2ccc(F)cc2)oc1=S)[C@@H]1CCS(=O)(=O)C1. The van der Waals surface area contributed by atoms with Gasteiger partial charge in [-0.2, -0.15) is 0 Å². The van der Waals surface area contributed by atoms with Crippen LogP contribution in [-0.2, 0) is 16.5 Å².